The minimum Gasteiger partial charge on any atom is -0.399 e. The predicted octanol–water partition coefficient (Wildman–Crippen LogP) is 13.5. The fourth-order valence-corrected chi connectivity index (χ4v) is 8.24. The fraction of sp³-hybridized carbons (Fsp3) is 0.357. The zero-order chi connectivity index (χ0) is 46.0. The number of hydrogen-bond donors (Lipinski definition) is 0. The lowest BCUT2D eigenvalue weighted by Gasteiger charge is -2.32. The molecule has 0 atom stereocenters. The molecule has 0 amide bonds. The van der Waals surface area contributed by atoms with Gasteiger partial charge in [0.1, 0.15) is 0 Å². The number of anilines is 6. The Bertz CT molecular complexity index is 2340. The summed E-state index contributed by atoms with van der Waals surface area (Å²) in [6, 6.07) is 52.8. The van der Waals surface area contributed by atoms with Crippen molar-refractivity contribution in [2.45, 2.75) is 130 Å². The SMILES string of the molecule is CC(C)(C)c1ccc(N(c2ccc(B3OC(C)(C)C(C)(C)O3)cc2)c2ccc(-c3ccc(N(c4ccc(B5OC(C)(C)C(C)(C)O5)cc4)c4ccc(C(C)(C)C)cc4)cc3)cc2)cc1. The maximum Gasteiger partial charge on any atom is 0.494 e. The van der Waals surface area contributed by atoms with Crippen LogP contribution in [0.5, 0.6) is 0 Å². The Balaban J connectivity index is 1.09. The maximum atomic E-state index is 6.39. The first-order chi connectivity index (χ1) is 29.9. The molecule has 6 aromatic carbocycles. The van der Waals surface area contributed by atoms with Gasteiger partial charge in [0.25, 0.3) is 0 Å². The van der Waals surface area contributed by atoms with Gasteiger partial charge in [-0.3, -0.25) is 0 Å². The van der Waals surface area contributed by atoms with Crippen LogP contribution in [0.2, 0.25) is 0 Å². The van der Waals surface area contributed by atoms with E-state index in [0.29, 0.717) is 0 Å². The monoisotopic (exact) mass is 853 g/mol. The lowest BCUT2D eigenvalue weighted by molar-refractivity contribution is 0.00578. The molecule has 0 aromatic heterocycles. The van der Waals surface area contributed by atoms with E-state index in [1.54, 1.807) is 0 Å². The molecular formula is C56H66B2N2O4. The van der Waals surface area contributed by atoms with Crippen LogP contribution in [0.3, 0.4) is 0 Å². The highest BCUT2D eigenvalue weighted by Crippen LogP contribution is 2.41. The molecule has 0 aliphatic carbocycles. The zero-order valence-corrected chi connectivity index (χ0v) is 40.5. The Morgan fingerprint density at radius 3 is 0.734 bits per heavy atom. The van der Waals surface area contributed by atoms with E-state index in [0.717, 1.165) is 56.2 Å². The summed E-state index contributed by atoms with van der Waals surface area (Å²) in [5, 5.41) is 0. The van der Waals surface area contributed by atoms with Crippen molar-refractivity contribution in [2.24, 2.45) is 0 Å². The van der Waals surface area contributed by atoms with E-state index in [2.05, 4.69) is 252 Å². The van der Waals surface area contributed by atoms with Crippen molar-refractivity contribution in [3.8, 4) is 11.1 Å². The van der Waals surface area contributed by atoms with Crippen LogP contribution in [0, 0.1) is 0 Å². The minimum atomic E-state index is -0.418. The highest BCUT2D eigenvalue weighted by atomic mass is 16.7. The largest absolute Gasteiger partial charge is 0.494 e. The summed E-state index contributed by atoms with van der Waals surface area (Å²) in [6.45, 7) is 30.2. The Kier molecular flexibility index (Phi) is 11.6. The van der Waals surface area contributed by atoms with Gasteiger partial charge in [0, 0.05) is 34.1 Å². The van der Waals surface area contributed by atoms with Crippen LogP contribution >= 0.6 is 0 Å². The smallest absolute Gasteiger partial charge is 0.399 e. The topological polar surface area (TPSA) is 43.4 Å². The molecule has 8 rings (SSSR count). The third kappa shape index (κ3) is 8.95. The van der Waals surface area contributed by atoms with Crippen molar-refractivity contribution < 1.29 is 18.6 Å². The second kappa shape index (κ2) is 16.4. The molecular weight excluding hydrogens is 786 g/mol. The van der Waals surface area contributed by atoms with E-state index in [-0.39, 0.29) is 10.8 Å². The third-order valence-corrected chi connectivity index (χ3v) is 13.9. The van der Waals surface area contributed by atoms with E-state index in [1.807, 2.05) is 0 Å². The lowest BCUT2D eigenvalue weighted by Crippen LogP contribution is -2.41. The van der Waals surface area contributed by atoms with Gasteiger partial charge in [0.05, 0.1) is 22.4 Å². The Labute approximate surface area is 384 Å². The van der Waals surface area contributed by atoms with Crippen molar-refractivity contribution in [1.29, 1.82) is 0 Å². The molecule has 8 heteroatoms. The Hall–Kier alpha value is -5.11. The van der Waals surface area contributed by atoms with Crippen molar-refractivity contribution in [2.75, 3.05) is 9.80 Å². The summed E-state index contributed by atoms with van der Waals surface area (Å²) < 4.78 is 25.5. The van der Waals surface area contributed by atoms with Crippen LogP contribution in [-0.4, -0.2) is 36.6 Å². The summed E-state index contributed by atoms with van der Waals surface area (Å²) in [5.74, 6) is 0. The van der Waals surface area contributed by atoms with Gasteiger partial charge in [0.2, 0.25) is 0 Å². The van der Waals surface area contributed by atoms with Crippen molar-refractivity contribution in [3.05, 3.63) is 157 Å². The first-order valence-electron chi connectivity index (χ1n) is 22.9. The van der Waals surface area contributed by atoms with E-state index in [1.165, 1.54) is 11.1 Å². The molecule has 2 fully saturated rings. The zero-order valence-electron chi connectivity index (χ0n) is 40.5. The molecule has 2 aliphatic rings. The highest BCUT2D eigenvalue weighted by molar-refractivity contribution is 6.62. The number of benzene rings is 6. The molecule has 0 bridgehead atoms. The molecule has 0 saturated carbocycles. The third-order valence-electron chi connectivity index (χ3n) is 13.9. The Morgan fingerprint density at radius 2 is 0.516 bits per heavy atom. The van der Waals surface area contributed by atoms with Gasteiger partial charge in [0.15, 0.2) is 0 Å². The molecule has 330 valence electrons. The first-order valence-corrected chi connectivity index (χ1v) is 22.9. The van der Waals surface area contributed by atoms with Crippen LogP contribution in [0.1, 0.15) is 108 Å². The van der Waals surface area contributed by atoms with Gasteiger partial charge in [-0.2, -0.15) is 0 Å². The van der Waals surface area contributed by atoms with Crippen LogP contribution in [0.25, 0.3) is 11.1 Å². The lowest BCUT2D eigenvalue weighted by atomic mass is 9.79. The minimum absolute atomic E-state index is 0.0543. The van der Waals surface area contributed by atoms with E-state index in [9.17, 15) is 0 Å². The average Bonchev–Trinajstić information content (AvgIpc) is 3.61. The Morgan fingerprint density at radius 1 is 0.312 bits per heavy atom. The highest BCUT2D eigenvalue weighted by Gasteiger charge is 2.52. The molecule has 64 heavy (non-hydrogen) atoms. The molecule has 2 aliphatic heterocycles. The number of rotatable bonds is 9. The van der Waals surface area contributed by atoms with Gasteiger partial charge in [-0.25, -0.2) is 0 Å². The predicted molar refractivity (Wildman–Crippen MR) is 270 cm³/mol. The molecule has 0 spiro atoms. The normalized spacial score (nSPS) is 17.7. The second-order valence-electron chi connectivity index (χ2n) is 21.7. The van der Waals surface area contributed by atoms with Gasteiger partial charge < -0.3 is 28.4 Å². The summed E-state index contributed by atoms with van der Waals surface area (Å²) >= 11 is 0. The van der Waals surface area contributed by atoms with Crippen molar-refractivity contribution in [1.82, 2.24) is 0 Å². The summed E-state index contributed by atoms with van der Waals surface area (Å²) in [7, 11) is -0.836. The molecule has 2 heterocycles. The van der Waals surface area contributed by atoms with E-state index in [4.69, 9.17) is 18.6 Å². The standard InChI is InChI=1S/C56H66B2N2O4/c1-51(2,3)41-19-31-47(32-20-41)59(49-35-23-43(24-36-49)57-61-53(7,8)54(9,10)62-57)45-27-15-39(16-28-45)40-17-29-46(30-18-40)60(48-33-21-42(22-34-48)52(4,5)6)50-37-25-44(26-38-50)58-63-55(11,12)56(13,14)64-58/h15-38H,1-14H3. The van der Waals surface area contributed by atoms with Gasteiger partial charge >= 0.3 is 14.2 Å². The molecule has 6 nitrogen and oxygen atoms in total. The second-order valence-corrected chi connectivity index (χ2v) is 21.7. The average molecular weight is 853 g/mol. The van der Waals surface area contributed by atoms with E-state index < -0.39 is 36.6 Å². The molecule has 0 unspecified atom stereocenters. The first kappa shape index (κ1) is 45.5. The summed E-state index contributed by atoms with van der Waals surface area (Å²) in [6.07, 6.45) is 0. The van der Waals surface area contributed by atoms with Crippen LogP contribution < -0.4 is 20.7 Å². The van der Waals surface area contributed by atoms with Crippen LogP contribution in [0.4, 0.5) is 34.1 Å². The van der Waals surface area contributed by atoms with Crippen LogP contribution in [-0.2, 0) is 29.4 Å². The summed E-state index contributed by atoms with van der Waals surface area (Å²) in [4.78, 5) is 4.63. The summed E-state index contributed by atoms with van der Waals surface area (Å²) in [5.41, 5.74) is 11.8. The van der Waals surface area contributed by atoms with Crippen molar-refractivity contribution in [3.63, 3.8) is 0 Å². The fourth-order valence-electron chi connectivity index (χ4n) is 8.24. The molecule has 2 saturated heterocycles. The van der Waals surface area contributed by atoms with Crippen molar-refractivity contribution >= 4 is 59.3 Å². The molecule has 0 radical (unpaired) electrons. The number of nitrogens with zero attached hydrogens (tertiary/aromatic N) is 2. The number of hydrogen-bond acceptors (Lipinski definition) is 6. The van der Waals surface area contributed by atoms with Crippen LogP contribution in [0.15, 0.2) is 146 Å². The molecule has 0 N–H and O–H groups in total. The van der Waals surface area contributed by atoms with Gasteiger partial charge in [-0.05, 0) is 172 Å². The van der Waals surface area contributed by atoms with Gasteiger partial charge in [-0.15, -0.1) is 0 Å². The van der Waals surface area contributed by atoms with Gasteiger partial charge in [-0.1, -0.05) is 114 Å². The maximum absolute atomic E-state index is 6.39. The van der Waals surface area contributed by atoms with E-state index >= 15 is 0 Å². The molecule has 6 aromatic rings. The quantitative estimate of drug-likeness (QED) is 0.135.